The van der Waals surface area contributed by atoms with Gasteiger partial charge in [0.15, 0.2) is 0 Å². The quantitative estimate of drug-likeness (QED) is 0.535. The topological polar surface area (TPSA) is 37.3 Å². The molecule has 0 heterocycles. The molecule has 0 aromatic carbocycles. The van der Waals surface area contributed by atoms with Crippen LogP contribution in [0.25, 0.3) is 0 Å². The molecular formula is C9H18O2Ti. The molecule has 0 spiro atoms. The average Bonchev–Trinajstić information content (AvgIpc) is 1.97. The SMILES string of the molecule is CCCCCC(CC)C(=O)O.[Ti]. The summed E-state index contributed by atoms with van der Waals surface area (Å²) in [6, 6.07) is 0. The van der Waals surface area contributed by atoms with Gasteiger partial charge in [0.2, 0.25) is 0 Å². The summed E-state index contributed by atoms with van der Waals surface area (Å²) in [5.41, 5.74) is 0. The van der Waals surface area contributed by atoms with E-state index in [1.54, 1.807) is 0 Å². The predicted octanol–water partition coefficient (Wildman–Crippen LogP) is 2.68. The van der Waals surface area contributed by atoms with Crippen LogP contribution in [-0.4, -0.2) is 11.1 Å². The Morgan fingerprint density at radius 2 is 1.92 bits per heavy atom. The zero-order chi connectivity index (χ0) is 8.69. The van der Waals surface area contributed by atoms with E-state index < -0.39 is 5.97 Å². The van der Waals surface area contributed by atoms with Crippen LogP contribution < -0.4 is 0 Å². The Labute approximate surface area is 89.6 Å². The molecule has 12 heavy (non-hydrogen) atoms. The van der Waals surface area contributed by atoms with E-state index in [1.807, 2.05) is 6.92 Å². The summed E-state index contributed by atoms with van der Waals surface area (Å²) in [7, 11) is 0. The van der Waals surface area contributed by atoms with E-state index in [1.165, 1.54) is 0 Å². The fourth-order valence-corrected chi connectivity index (χ4v) is 1.14. The molecule has 0 fully saturated rings. The van der Waals surface area contributed by atoms with Crippen molar-refractivity contribution < 1.29 is 31.6 Å². The number of unbranched alkanes of at least 4 members (excludes halogenated alkanes) is 2. The second-order valence-electron chi connectivity index (χ2n) is 2.94. The first-order valence-electron chi connectivity index (χ1n) is 4.45. The second-order valence-corrected chi connectivity index (χ2v) is 2.94. The normalized spacial score (nSPS) is 11.8. The van der Waals surface area contributed by atoms with Crippen LogP contribution in [0.4, 0.5) is 0 Å². The minimum absolute atomic E-state index is 0. The van der Waals surface area contributed by atoms with Crippen LogP contribution in [0.15, 0.2) is 0 Å². The van der Waals surface area contributed by atoms with E-state index in [-0.39, 0.29) is 27.6 Å². The third kappa shape index (κ3) is 6.87. The van der Waals surface area contributed by atoms with Gasteiger partial charge in [-0.05, 0) is 12.8 Å². The maximum absolute atomic E-state index is 10.5. The standard InChI is InChI=1S/C9H18O2.Ti/c1-3-5-6-7-8(4-2)9(10)11;/h8H,3-7H2,1-2H3,(H,10,11);. The molecule has 0 aliphatic carbocycles. The molecule has 3 heteroatoms. The molecule has 0 aromatic rings. The van der Waals surface area contributed by atoms with Crippen molar-refractivity contribution in [2.24, 2.45) is 5.92 Å². The van der Waals surface area contributed by atoms with Gasteiger partial charge in [0.1, 0.15) is 0 Å². The fourth-order valence-electron chi connectivity index (χ4n) is 1.14. The molecule has 0 saturated carbocycles. The minimum atomic E-state index is -0.636. The van der Waals surface area contributed by atoms with Crippen LogP contribution in [0, 0.1) is 5.92 Å². The number of carboxylic acids is 1. The third-order valence-corrected chi connectivity index (χ3v) is 2.00. The van der Waals surface area contributed by atoms with Crippen LogP contribution in [0.2, 0.25) is 0 Å². The molecular weight excluding hydrogens is 188 g/mol. The summed E-state index contributed by atoms with van der Waals surface area (Å²) in [6.07, 6.45) is 4.99. The van der Waals surface area contributed by atoms with Gasteiger partial charge in [0.05, 0.1) is 5.92 Å². The molecule has 70 valence electrons. The van der Waals surface area contributed by atoms with Gasteiger partial charge in [-0.15, -0.1) is 0 Å². The molecule has 0 rings (SSSR count). The maximum atomic E-state index is 10.5. The van der Waals surface area contributed by atoms with E-state index in [9.17, 15) is 4.79 Å². The molecule has 0 bridgehead atoms. The van der Waals surface area contributed by atoms with Crippen LogP contribution in [0.1, 0.15) is 46.0 Å². The first-order valence-corrected chi connectivity index (χ1v) is 4.45. The van der Waals surface area contributed by atoms with Crippen molar-refractivity contribution in [1.82, 2.24) is 0 Å². The van der Waals surface area contributed by atoms with Gasteiger partial charge in [-0.1, -0.05) is 33.1 Å². The van der Waals surface area contributed by atoms with Gasteiger partial charge in [0.25, 0.3) is 0 Å². The molecule has 0 saturated heterocycles. The maximum Gasteiger partial charge on any atom is 0.306 e. The summed E-state index contributed by atoms with van der Waals surface area (Å²) in [5.74, 6) is -0.745. The minimum Gasteiger partial charge on any atom is -0.481 e. The molecule has 2 nitrogen and oxygen atoms in total. The Morgan fingerprint density at radius 3 is 2.25 bits per heavy atom. The largest absolute Gasteiger partial charge is 0.481 e. The van der Waals surface area contributed by atoms with Crippen molar-refractivity contribution in [3.8, 4) is 0 Å². The number of hydrogen-bond acceptors (Lipinski definition) is 1. The second kappa shape index (κ2) is 9.27. The third-order valence-electron chi connectivity index (χ3n) is 2.00. The van der Waals surface area contributed by atoms with E-state index in [0.29, 0.717) is 0 Å². The van der Waals surface area contributed by atoms with E-state index in [2.05, 4.69) is 6.92 Å². The van der Waals surface area contributed by atoms with Gasteiger partial charge in [-0.2, -0.15) is 0 Å². The van der Waals surface area contributed by atoms with Gasteiger partial charge < -0.3 is 5.11 Å². The van der Waals surface area contributed by atoms with Crippen molar-refractivity contribution in [3.63, 3.8) is 0 Å². The van der Waals surface area contributed by atoms with Crippen LogP contribution >= 0.6 is 0 Å². The Hall–Kier alpha value is 0.184. The summed E-state index contributed by atoms with van der Waals surface area (Å²) in [5, 5.41) is 8.67. The van der Waals surface area contributed by atoms with Gasteiger partial charge in [-0.25, -0.2) is 0 Å². The molecule has 0 aromatic heterocycles. The molecule has 0 radical (unpaired) electrons. The average molecular weight is 206 g/mol. The van der Waals surface area contributed by atoms with Crippen molar-refractivity contribution in [2.75, 3.05) is 0 Å². The predicted molar refractivity (Wildman–Crippen MR) is 45.6 cm³/mol. The fraction of sp³-hybridized carbons (Fsp3) is 0.889. The summed E-state index contributed by atoms with van der Waals surface area (Å²) in [4.78, 5) is 10.5. The molecule has 0 aliphatic rings. The number of carbonyl (C=O) groups is 1. The zero-order valence-corrected chi connectivity index (χ0v) is 9.53. The Balaban J connectivity index is 0. The number of rotatable bonds is 6. The van der Waals surface area contributed by atoms with Gasteiger partial charge >= 0.3 is 5.97 Å². The molecule has 1 N–H and O–H groups in total. The first kappa shape index (κ1) is 14.7. The molecule has 0 amide bonds. The molecule has 1 unspecified atom stereocenters. The van der Waals surface area contributed by atoms with E-state index in [0.717, 1.165) is 32.1 Å². The van der Waals surface area contributed by atoms with Gasteiger partial charge in [0, 0.05) is 21.7 Å². The Bertz CT molecular complexity index is 115. The Kier molecular flexibility index (Phi) is 11.4. The van der Waals surface area contributed by atoms with Crippen LogP contribution in [-0.2, 0) is 26.5 Å². The number of carboxylic acid groups (broad SMARTS) is 1. The van der Waals surface area contributed by atoms with Crippen molar-refractivity contribution in [3.05, 3.63) is 0 Å². The smallest absolute Gasteiger partial charge is 0.306 e. The monoisotopic (exact) mass is 206 g/mol. The molecule has 0 aliphatic heterocycles. The molecule has 1 atom stereocenters. The van der Waals surface area contributed by atoms with E-state index in [4.69, 9.17) is 5.11 Å². The van der Waals surface area contributed by atoms with Crippen LogP contribution in [0.3, 0.4) is 0 Å². The van der Waals surface area contributed by atoms with Crippen molar-refractivity contribution in [1.29, 1.82) is 0 Å². The summed E-state index contributed by atoms with van der Waals surface area (Å²) in [6.45, 7) is 4.06. The van der Waals surface area contributed by atoms with E-state index >= 15 is 0 Å². The van der Waals surface area contributed by atoms with Gasteiger partial charge in [-0.3, -0.25) is 4.79 Å². The Morgan fingerprint density at radius 1 is 1.33 bits per heavy atom. The number of aliphatic carboxylic acids is 1. The summed E-state index contributed by atoms with van der Waals surface area (Å²) < 4.78 is 0. The first-order chi connectivity index (χ1) is 5.22. The van der Waals surface area contributed by atoms with Crippen molar-refractivity contribution in [2.45, 2.75) is 46.0 Å². The number of hydrogen-bond donors (Lipinski definition) is 1. The van der Waals surface area contributed by atoms with Crippen molar-refractivity contribution >= 4 is 5.97 Å². The zero-order valence-electron chi connectivity index (χ0n) is 7.97. The van der Waals surface area contributed by atoms with Crippen LogP contribution in [0.5, 0.6) is 0 Å². The summed E-state index contributed by atoms with van der Waals surface area (Å²) >= 11 is 0.